The van der Waals surface area contributed by atoms with Gasteiger partial charge < -0.3 is 0 Å². The fourth-order valence-electron chi connectivity index (χ4n) is 3.51. The summed E-state index contributed by atoms with van der Waals surface area (Å²) in [6, 6.07) is 5.40. The Balaban J connectivity index is 1.50. The van der Waals surface area contributed by atoms with Gasteiger partial charge in [0.1, 0.15) is 11.7 Å². The Labute approximate surface area is 155 Å². The van der Waals surface area contributed by atoms with Gasteiger partial charge in [0.15, 0.2) is 11.3 Å². The lowest BCUT2D eigenvalue weighted by atomic mass is 10.1. The molecular weight excluding hydrogens is 381 g/mol. The molecule has 138 valence electrons. The van der Waals surface area contributed by atoms with Crippen molar-refractivity contribution in [3.05, 3.63) is 53.2 Å². The zero-order valence-corrected chi connectivity index (χ0v) is 14.5. The molecule has 0 aromatic carbocycles. The first-order valence-electron chi connectivity index (χ1n) is 8.28. The van der Waals surface area contributed by atoms with Crippen molar-refractivity contribution >= 4 is 28.3 Å². The second-order valence-corrected chi connectivity index (χ2v) is 7.02. The largest absolute Gasteiger partial charge is 0.408 e. The average molecular weight is 393 g/mol. The van der Waals surface area contributed by atoms with E-state index in [0.29, 0.717) is 10.5 Å². The van der Waals surface area contributed by atoms with Crippen LogP contribution in [0.4, 0.5) is 13.2 Å². The van der Waals surface area contributed by atoms with Crippen molar-refractivity contribution in [2.24, 2.45) is 0 Å². The van der Waals surface area contributed by atoms with Crippen molar-refractivity contribution in [3.63, 3.8) is 0 Å². The first-order valence-corrected chi connectivity index (χ1v) is 8.66. The fourth-order valence-corrected chi connectivity index (χ4v) is 3.71. The minimum atomic E-state index is -4.35. The van der Waals surface area contributed by atoms with Crippen LogP contribution >= 0.6 is 11.6 Å². The number of rotatable bonds is 3. The van der Waals surface area contributed by atoms with Crippen LogP contribution in [0.2, 0.25) is 5.15 Å². The predicted molar refractivity (Wildman–Crippen MR) is 91.7 cm³/mol. The number of hydrogen-bond donors (Lipinski definition) is 0. The minimum absolute atomic E-state index is 0.0996. The molecule has 0 N–H and O–H groups in total. The van der Waals surface area contributed by atoms with Crippen molar-refractivity contribution in [1.29, 1.82) is 0 Å². The molecule has 0 saturated heterocycles. The quantitative estimate of drug-likeness (QED) is 0.529. The molecule has 4 aromatic heterocycles. The van der Waals surface area contributed by atoms with Crippen LogP contribution in [-0.2, 0) is 6.54 Å². The Bertz CT molecular complexity index is 1160. The molecule has 1 aliphatic rings. The summed E-state index contributed by atoms with van der Waals surface area (Å²) in [7, 11) is 0. The van der Waals surface area contributed by atoms with E-state index in [-0.39, 0.29) is 17.5 Å². The van der Waals surface area contributed by atoms with Gasteiger partial charge in [-0.15, -0.1) is 0 Å². The summed E-state index contributed by atoms with van der Waals surface area (Å²) in [5, 5.41) is 8.94. The van der Waals surface area contributed by atoms with Crippen LogP contribution in [0.5, 0.6) is 0 Å². The molecule has 0 aliphatic heterocycles. The van der Waals surface area contributed by atoms with E-state index in [1.165, 1.54) is 6.20 Å². The minimum Gasteiger partial charge on any atom is -0.238 e. The molecule has 0 bridgehead atoms. The Morgan fingerprint density at radius 3 is 2.85 bits per heavy atom. The average Bonchev–Trinajstić information content (AvgIpc) is 3.10. The second kappa shape index (κ2) is 5.66. The molecule has 27 heavy (non-hydrogen) atoms. The summed E-state index contributed by atoms with van der Waals surface area (Å²) in [5.74, 6) is 0.252. The van der Waals surface area contributed by atoms with E-state index in [1.807, 2.05) is 6.07 Å². The van der Waals surface area contributed by atoms with Gasteiger partial charge in [0.05, 0.1) is 6.20 Å². The Hall–Kier alpha value is -2.68. The van der Waals surface area contributed by atoms with Crippen LogP contribution in [0, 0.1) is 0 Å². The van der Waals surface area contributed by atoms with Crippen molar-refractivity contribution in [3.8, 4) is 0 Å². The third kappa shape index (κ3) is 2.91. The summed E-state index contributed by atoms with van der Waals surface area (Å²) in [6.45, 7) is -1.16. The zero-order valence-electron chi connectivity index (χ0n) is 13.7. The van der Waals surface area contributed by atoms with Crippen molar-refractivity contribution < 1.29 is 13.2 Å². The third-order valence-corrected chi connectivity index (χ3v) is 4.95. The molecule has 1 unspecified atom stereocenters. The van der Waals surface area contributed by atoms with E-state index in [2.05, 4.69) is 20.2 Å². The predicted octanol–water partition coefficient (Wildman–Crippen LogP) is 3.96. The van der Waals surface area contributed by atoms with Crippen LogP contribution in [0.25, 0.3) is 16.7 Å². The van der Waals surface area contributed by atoms with Gasteiger partial charge in [0.2, 0.25) is 0 Å². The maximum absolute atomic E-state index is 12.7. The van der Waals surface area contributed by atoms with Gasteiger partial charge in [-0.3, -0.25) is 0 Å². The van der Waals surface area contributed by atoms with Gasteiger partial charge in [0.25, 0.3) is 0 Å². The normalized spacial score (nSPS) is 19.9. The zero-order chi connectivity index (χ0) is 18.8. The van der Waals surface area contributed by atoms with Crippen LogP contribution < -0.4 is 0 Å². The second-order valence-electron chi connectivity index (χ2n) is 6.63. The summed E-state index contributed by atoms with van der Waals surface area (Å²) in [6.07, 6.45) is 1.26. The molecule has 2 atom stereocenters. The van der Waals surface area contributed by atoms with Gasteiger partial charge in [-0.25, -0.2) is 19.2 Å². The Kier molecular flexibility index (Phi) is 3.45. The molecular formula is C17H12ClF3N6. The highest BCUT2D eigenvalue weighted by molar-refractivity contribution is 6.29. The number of nitrogens with zero attached hydrogens (tertiary/aromatic N) is 6. The van der Waals surface area contributed by atoms with E-state index in [0.717, 1.165) is 28.0 Å². The van der Waals surface area contributed by atoms with Gasteiger partial charge in [-0.1, -0.05) is 11.6 Å². The monoisotopic (exact) mass is 392 g/mol. The maximum atomic E-state index is 12.7. The molecule has 10 heteroatoms. The molecule has 4 heterocycles. The van der Waals surface area contributed by atoms with Gasteiger partial charge in [0, 0.05) is 35.0 Å². The number of halogens is 4. The van der Waals surface area contributed by atoms with Crippen molar-refractivity contribution in [1.82, 2.24) is 29.4 Å². The molecule has 6 nitrogen and oxygen atoms in total. The number of hydrogen-bond acceptors (Lipinski definition) is 4. The van der Waals surface area contributed by atoms with E-state index < -0.39 is 12.7 Å². The molecule has 1 aliphatic carbocycles. The standard InChI is InChI=1S/C17H12ClF3N6/c18-14-6-12(16-22-3-4-26(16)25-14)10-5-11(10)13-2-1-9-7-23-27(15(9)24-13)8-17(19,20)21/h1-4,6-7,10-11H,5,8H2/t10?,11-/m0/s1. The van der Waals surface area contributed by atoms with E-state index >= 15 is 0 Å². The molecule has 1 fully saturated rings. The Morgan fingerprint density at radius 2 is 2.04 bits per heavy atom. The molecule has 0 amide bonds. The number of alkyl halides is 3. The Morgan fingerprint density at radius 1 is 1.19 bits per heavy atom. The van der Waals surface area contributed by atoms with Crippen LogP contribution in [0.15, 0.2) is 36.8 Å². The molecule has 0 spiro atoms. The fraction of sp³-hybridized carbons (Fsp3) is 0.294. The number of aromatic nitrogens is 6. The van der Waals surface area contributed by atoms with Gasteiger partial charge in [-0.2, -0.15) is 23.4 Å². The number of pyridine rings is 1. The van der Waals surface area contributed by atoms with Crippen LogP contribution in [0.3, 0.4) is 0 Å². The summed E-state index contributed by atoms with van der Waals surface area (Å²) < 4.78 is 40.7. The van der Waals surface area contributed by atoms with E-state index in [4.69, 9.17) is 11.6 Å². The van der Waals surface area contributed by atoms with Crippen molar-refractivity contribution in [2.45, 2.75) is 31.0 Å². The first-order chi connectivity index (χ1) is 12.9. The summed E-state index contributed by atoms with van der Waals surface area (Å²) in [4.78, 5) is 8.80. The topological polar surface area (TPSA) is 60.9 Å². The SMILES string of the molecule is FC(F)(F)Cn1ncc2ccc([C@H]3CC3c3cc(Cl)nn4ccnc34)nc21. The summed E-state index contributed by atoms with van der Waals surface area (Å²) in [5.41, 5.74) is 2.69. The van der Waals surface area contributed by atoms with Crippen LogP contribution in [0.1, 0.15) is 29.5 Å². The highest BCUT2D eigenvalue weighted by atomic mass is 35.5. The smallest absolute Gasteiger partial charge is 0.238 e. The lowest BCUT2D eigenvalue weighted by Gasteiger charge is -2.08. The number of imidazole rings is 1. The lowest BCUT2D eigenvalue weighted by molar-refractivity contribution is -0.141. The number of fused-ring (bicyclic) bond motifs is 2. The van der Waals surface area contributed by atoms with Gasteiger partial charge in [-0.05, 0) is 30.5 Å². The molecule has 1 saturated carbocycles. The van der Waals surface area contributed by atoms with Crippen molar-refractivity contribution in [2.75, 3.05) is 0 Å². The highest BCUT2D eigenvalue weighted by Crippen LogP contribution is 2.55. The third-order valence-electron chi connectivity index (χ3n) is 4.76. The van der Waals surface area contributed by atoms with E-state index in [1.54, 1.807) is 29.0 Å². The molecule has 0 radical (unpaired) electrons. The molecule has 4 aromatic rings. The van der Waals surface area contributed by atoms with Crippen LogP contribution in [-0.4, -0.2) is 35.5 Å². The lowest BCUT2D eigenvalue weighted by Crippen LogP contribution is -2.18. The van der Waals surface area contributed by atoms with Gasteiger partial charge >= 0.3 is 6.18 Å². The molecule has 5 rings (SSSR count). The maximum Gasteiger partial charge on any atom is 0.408 e. The first kappa shape index (κ1) is 16.5. The highest BCUT2D eigenvalue weighted by Gasteiger charge is 2.42. The van der Waals surface area contributed by atoms with E-state index in [9.17, 15) is 13.2 Å². The summed E-state index contributed by atoms with van der Waals surface area (Å²) >= 11 is 6.10.